The van der Waals surface area contributed by atoms with Crippen molar-refractivity contribution in [3.8, 4) is 5.75 Å². The number of halogens is 2. The summed E-state index contributed by atoms with van der Waals surface area (Å²) in [5.41, 5.74) is 2.09. The number of aryl methyl sites for hydroxylation is 1. The van der Waals surface area contributed by atoms with Crippen LogP contribution >= 0.6 is 31.9 Å². The molecule has 2 aromatic rings. The van der Waals surface area contributed by atoms with E-state index in [-0.39, 0.29) is 18.4 Å². The number of carbonyl (C=O) groups excluding carboxylic acids is 2. The van der Waals surface area contributed by atoms with Gasteiger partial charge < -0.3 is 15.0 Å². The van der Waals surface area contributed by atoms with Gasteiger partial charge in [0.2, 0.25) is 0 Å². The normalized spacial score (nSPS) is 13.5. The Balaban J connectivity index is 1.61. The molecule has 5 nitrogen and oxygen atoms in total. The summed E-state index contributed by atoms with van der Waals surface area (Å²) >= 11 is 6.86. The van der Waals surface area contributed by atoms with Gasteiger partial charge in [-0.05, 0) is 71.6 Å². The maximum absolute atomic E-state index is 12.5. The lowest BCUT2D eigenvalue weighted by molar-refractivity contribution is -0.118. The minimum atomic E-state index is -0.282. The van der Waals surface area contributed by atoms with Crippen LogP contribution in [0.2, 0.25) is 0 Å². The largest absolute Gasteiger partial charge is 0.482 e. The number of anilines is 1. The minimum absolute atomic E-state index is 0.00858. The van der Waals surface area contributed by atoms with Crippen molar-refractivity contribution in [1.29, 1.82) is 0 Å². The van der Waals surface area contributed by atoms with Gasteiger partial charge in [-0.15, -0.1) is 0 Å². The lowest BCUT2D eigenvalue weighted by Crippen LogP contribution is -2.27. The summed E-state index contributed by atoms with van der Waals surface area (Å²) in [6.45, 7) is 3.39. The number of benzene rings is 2. The van der Waals surface area contributed by atoms with Gasteiger partial charge in [-0.1, -0.05) is 22.0 Å². The van der Waals surface area contributed by atoms with E-state index in [9.17, 15) is 9.59 Å². The molecule has 0 spiro atoms. The molecule has 1 fully saturated rings. The highest BCUT2D eigenvalue weighted by Gasteiger charge is 2.19. The Morgan fingerprint density at radius 2 is 1.89 bits per heavy atom. The van der Waals surface area contributed by atoms with E-state index in [4.69, 9.17) is 4.74 Å². The molecule has 2 amide bonds. The monoisotopic (exact) mass is 494 g/mol. The predicted molar refractivity (Wildman–Crippen MR) is 112 cm³/mol. The summed E-state index contributed by atoms with van der Waals surface area (Å²) in [5.74, 6) is 0.357. The van der Waals surface area contributed by atoms with Crippen molar-refractivity contribution >= 4 is 49.4 Å². The summed E-state index contributed by atoms with van der Waals surface area (Å²) < 4.78 is 7.37. The van der Waals surface area contributed by atoms with E-state index >= 15 is 0 Å². The third-order valence-corrected chi connectivity index (χ3v) is 5.38. The molecular weight excluding hydrogens is 476 g/mol. The van der Waals surface area contributed by atoms with Crippen molar-refractivity contribution in [2.24, 2.45) is 0 Å². The number of carbonyl (C=O) groups is 2. The Morgan fingerprint density at radius 3 is 2.59 bits per heavy atom. The predicted octanol–water partition coefficient (Wildman–Crippen LogP) is 4.77. The zero-order valence-electron chi connectivity index (χ0n) is 14.9. The molecule has 3 rings (SSSR count). The molecule has 142 valence electrons. The van der Waals surface area contributed by atoms with Gasteiger partial charge in [0.15, 0.2) is 6.61 Å². The van der Waals surface area contributed by atoms with Crippen LogP contribution in [0.1, 0.15) is 28.8 Å². The van der Waals surface area contributed by atoms with Gasteiger partial charge in [-0.2, -0.15) is 0 Å². The first-order chi connectivity index (χ1) is 12.9. The third kappa shape index (κ3) is 5.11. The summed E-state index contributed by atoms with van der Waals surface area (Å²) in [6.07, 6.45) is 2.09. The topological polar surface area (TPSA) is 58.6 Å². The molecule has 27 heavy (non-hydrogen) atoms. The molecule has 0 unspecified atom stereocenters. The van der Waals surface area contributed by atoms with E-state index in [0.717, 1.165) is 40.4 Å². The Morgan fingerprint density at radius 1 is 1.15 bits per heavy atom. The van der Waals surface area contributed by atoms with E-state index in [1.54, 1.807) is 24.3 Å². The molecule has 0 atom stereocenters. The summed E-state index contributed by atoms with van der Waals surface area (Å²) in [7, 11) is 0. The highest BCUT2D eigenvalue weighted by molar-refractivity contribution is 9.11. The van der Waals surface area contributed by atoms with Gasteiger partial charge in [0.1, 0.15) is 5.75 Å². The van der Waals surface area contributed by atoms with Crippen LogP contribution in [-0.4, -0.2) is 36.4 Å². The van der Waals surface area contributed by atoms with Crippen LogP contribution in [0.5, 0.6) is 5.75 Å². The van der Waals surface area contributed by atoms with Gasteiger partial charge in [-0.3, -0.25) is 9.59 Å². The maximum Gasteiger partial charge on any atom is 0.262 e. The van der Waals surface area contributed by atoms with Gasteiger partial charge in [0.05, 0.1) is 4.47 Å². The summed E-state index contributed by atoms with van der Waals surface area (Å²) in [4.78, 5) is 26.6. The van der Waals surface area contributed by atoms with Crippen LogP contribution in [-0.2, 0) is 4.79 Å². The molecule has 1 N–H and O–H groups in total. The molecule has 7 heteroatoms. The highest BCUT2D eigenvalue weighted by Crippen LogP contribution is 2.32. The quantitative estimate of drug-likeness (QED) is 0.649. The van der Waals surface area contributed by atoms with E-state index in [1.165, 1.54) is 0 Å². The van der Waals surface area contributed by atoms with Crippen molar-refractivity contribution in [3.05, 3.63) is 56.5 Å². The molecule has 0 radical (unpaired) electrons. The second-order valence-corrected chi connectivity index (χ2v) is 8.22. The fourth-order valence-corrected chi connectivity index (χ4v) is 4.59. The first-order valence-electron chi connectivity index (χ1n) is 8.71. The van der Waals surface area contributed by atoms with Crippen LogP contribution < -0.4 is 10.1 Å². The lowest BCUT2D eigenvalue weighted by atomic mass is 10.1. The van der Waals surface area contributed by atoms with E-state index in [1.807, 2.05) is 24.0 Å². The lowest BCUT2D eigenvalue weighted by Gasteiger charge is -2.16. The molecule has 1 aliphatic rings. The molecule has 0 saturated carbocycles. The average Bonchev–Trinajstić information content (AvgIpc) is 3.15. The van der Waals surface area contributed by atoms with Crippen LogP contribution in [0.15, 0.2) is 45.3 Å². The number of likely N-dealkylation sites (tertiary alicyclic amines) is 1. The Labute approximate surface area is 175 Å². The SMILES string of the molecule is Cc1cc(Br)cc(Br)c1OCC(=O)Nc1cccc(C(=O)N2CCCC2)c1. The number of hydrogen-bond donors (Lipinski definition) is 1. The molecule has 0 aliphatic carbocycles. The van der Waals surface area contributed by atoms with Gasteiger partial charge in [0.25, 0.3) is 11.8 Å². The van der Waals surface area contributed by atoms with E-state index < -0.39 is 0 Å². The third-order valence-electron chi connectivity index (χ3n) is 4.33. The zero-order chi connectivity index (χ0) is 19.4. The Hall–Kier alpha value is -1.86. The fourth-order valence-electron chi connectivity index (χ4n) is 3.04. The second kappa shape index (κ2) is 8.89. The van der Waals surface area contributed by atoms with Crippen molar-refractivity contribution in [1.82, 2.24) is 4.90 Å². The number of rotatable bonds is 5. The van der Waals surface area contributed by atoms with Crippen LogP contribution in [0.4, 0.5) is 5.69 Å². The van der Waals surface area contributed by atoms with E-state index in [2.05, 4.69) is 37.2 Å². The van der Waals surface area contributed by atoms with Crippen molar-refractivity contribution in [3.63, 3.8) is 0 Å². The second-order valence-electron chi connectivity index (χ2n) is 6.45. The number of amides is 2. The minimum Gasteiger partial charge on any atom is -0.482 e. The molecule has 1 saturated heterocycles. The number of nitrogens with zero attached hydrogens (tertiary/aromatic N) is 1. The van der Waals surface area contributed by atoms with Gasteiger partial charge in [0, 0.05) is 28.8 Å². The maximum atomic E-state index is 12.5. The molecule has 1 aliphatic heterocycles. The molecule has 1 heterocycles. The molecular formula is C20H20Br2N2O3. The molecule has 0 aromatic heterocycles. The Kier molecular flexibility index (Phi) is 6.55. The van der Waals surface area contributed by atoms with E-state index in [0.29, 0.717) is 17.0 Å². The van der Waals surface area contributed by atoms with Crippen LogP contribution in [0.25, 0.3) is 0 Å². The molecule has 2 aromatic carbocycles. The van der Waals surface area contributed by atoms with Gasteiger partial charge in [-0.25, -0.2) is 0 Å². The van der Waals surface area contributed by atoms with Crippen molar-refractivity contribution < 1.29 is 14.3 Å². The first-order valence-corrected chi connectivity index (χ1v) is 10.3. The number of nitrogens with one attached hydrogen (secondary N) is 1. The highest BCUT2D eigenvalue weighted by atomic mass is 79.9. The van der Waals surface area contributed by atoms with Crippen LogP contribution in [0, 0.1) is 6.92 Å². The van der Waals surface area contributed by atoms with Crippen molar-refractivity contribution in [2.75, 3.05) is 25.0 Å². The first kappa shape index (κ1) is 19.9. The summed E-state index contributed by atoms with van der Waals surface area (Å²) in [6, 6.07) is 10.8. The van der Waals surface area contributed by atoms with Crippen LogP contribution in [0.3, 0.4) is 0 Å². The van der Waals surface area contributed by atoms with Crippen molar-refractivity contribution in [2.45, 2.75) is 19.8 Å². The summed E-state index contributed by atoms with van der Waals surface area (Å²) in [5, 5.41) is 2.79. The fraction of sp³-hybridized carbons (Fsp3) is 0.300. The standard InChI is InChI=1S/C20H20Br2N2O3/c1-13-9-15(21)11-17(22)19(13)27-12-18(25)23-16-6-4-5-14(10-16)20(26)24-7-2-3-8-24/h4-6,9-11H,2-3,7-8,12H2,1H3,(H,23,25). The smallest absolute Gasteiger partial charge is 0.262 e. The average molecular weight is 496 g/mol. The van der Waals surface area contributed by atoms with Gasteiger partial charge >= 0.3 is 0 Å². The zero-order valence-corrected chi connectivity index (χ0v) is 18.1. The Bertz CT molecular complexity index is 841. The number of hydrogen-bond acceptors (Lipinski definition) is 3. The molecule has 0 bridgehead atoms. The number of ether oxygens (including phenoxy) is 1.